The lowest BCUT2D eigenvalue weighted by Gasteiger charge is -2.41. The number of hydrogen-bond acceptors (Lipinski definition) is 6. The highest BCUT2D eigenvalue weighted by Gasteiger charge is 2.67. The minimum absolute atomic E-state index is 0.111. The van der Waals surface area contributed by atoms with Crippen molar-refractivity contribution in [1.29, 1.82) is 0 Å². The van der Waals surface area contributed by atoms with Crippen molar-refractivity contribution in [3.8, 4) is 0 Å². The summed E-state index contributed by atoms with van der Waals surface area (Å²) in [4.78, 5) is 34.1. The van der Waals surface area contributed by atoms with Gasteiger partial charge in [-0.1, -0.05) is 27.7 Å². The summed E-state index contributed by atoms with van der Waals surface area (Å²) >= 11 is 0. The van der Waals surface area contributed by atoms with Crippen molar-refractivity contribution in [2.75, 3.05) is 13.1 Å². The lowest BCUT2D eigenvalue weighted by molar-refractivity contribution is -0.811. The maximum absolute atomic E-state index is 12.0. The monoisotopic (exact) mass is 315 g/mol. The van der Waals surface area contributed by atoms with E-state index >= 15 is 0 Å². The van der Waals surface area contributed by atoms with Gasteiger partial charge < -0.3 is 0 Å². The third-order valence-electron chi connectivity index (χ3n) is 3.95. The van der Waals surface area contributed by atoms with E-state index in [1.807, 2.05) is 27.7 Å². The zero-order valence-electron chi connectivity index (χ0n) is 13.7. The van der Waals surface area contributed by atoms with E-state index in [1.165, 1.54) is 0 Å². The van der Waals surface area contributed by atoms with Gasteiger partial charge in [-0.3, -0.25) is 29.9 Å². The lowest BCUT2D eigenvalue weighted by Crippen LogP contribution is -2.72. The number of ketones is 1. The van der Waals surface area contributed by atoms with E-state index in [0.717, 1.165) is 0 Å². The van der Waals surface area contributed by atoms with Crippen LogP contribution in [0.2, 0.25) is 0 Å². The van der Waals surface area contributed by atoms with Crippen molar-refractivity contribution in [1.82, 2.24) is 4.90 Å². The van der Waals surface area contributed by atoms with Crippen LogP contribution < -0.4 is 0 Å². The Morgan fingerprint density at radius 3 is 1.91 bits per heavy atom. The average molecular weight is 315 g/mol. The van der Waals surface area contributed by atoms with Gasteiger partial charge in [-0.05, 0) is 18.3 Å². The maximum Gasteiger partial charge on any atom is 0.482 e. The van der Waals surface area contributed by atoms with Gasteiger partial charge in [-0.25, -0.2) is 0 Å². The van der Waals surface area contributed by atoms with Gasteiger partial charge in [0.05, 0.1) is 0 Å². The summed E-state index contributed by atoms with van der Waals surface area (Å²) in [6.07, 6.45) is 1.48. The molecule has 0 aliphatic carbocycles. The molecule has 8 nitrogen and oxygen atoms in total. The molecule has 0 aromatic heterocycles. The molecule has 1 aliphatic heterocycles. The largest absolute Gasteiger partial charge is 0.482 e. The SMILES string of the molecule is CC(C)CC(=O)CC(CC(C)C)N1CC([N+](=O)[O-])([N+](=O)[O-])C1. The van der Waals surface area contributed by atoms with Crippen LogP contribution in [0.5, 0.6) is 0 Å². The molecule has 0 aromatic rings. The van der Waals surface area contributed by atoms with Gasteiger partial charge >= 0.3 is 5.66 Å². The van der Waals surface area contributed by atoms with E-state index in [0.29, 0.717) is 25.2 Å². The van der Waals surface area contributed by atoms with E-state index in [2.05, 4.69) is 0 Å². The van der Waals surface area contributed by atoms with Crippen molar-refractivity contribution >= 4 is 5.78 Å². The van der Waals surface area contributed by atoms with Gasteiger partial charge in [0.2, 0.25) is 0 Å². The molecule has 1 aliphatic rings. The minimum Gasteiger partial charge on any atom is -0.300 e. The fourth-order valence-electron chi connectivity index (χ4n) is 2.87. The first-order chi connectivity index (χ1) is 10.1. The predicted octanol–water partition coefficient (Wildman–Crippen LogP) is 1.97. The standard InChI is InChI=1S/C14H25N3O5/c1-10(2)5-12(7-13(18)6-11(3)4)15-8-14(9-15,16(19)20)17(21)22/h10-12H,5-9H2,1-4H3. The molecule has 0 bridgehead atoms. The number of hydrogen-bond donors (Lipinski definition) is 0. The van der Waals surface area contributed by atoms with Gasteiger partial charge in [0.1, 0.15) is 28.7 Å². The van der Waals surface area contributed by atoms with Crippen molar-refractivity contribution < 1.29 is 14.6 Å². The van der Waals surface area contributed by atoms with Crippen LogP contribution in [0.4, 0.5) is 0 Å². The smallest absolute Gasteiger partial charge is 0.300 e. The highest BCUT2D eigenvalue weighted by atomic mass is 16.7. The molecule has 1 saturated heterocycles. The fraction of sp³-hybridized carbons (Fsp3) is 0.929. The van der Waals surface area contributed by atoms with Crippen molar-refractivity contribution in [2.45, 2.75) is 58.7 Å². The molecule has 0 N–H and O–H groups in total. The number of Topliss-reactive ketones (excluding diaryl/α,β-unsaturated/α-hetero) is 1. The zero-order valence-corrected chi connectivity index (χ0v) is 13.7. The Labute approximate surface area is 130 Å². The zero-order chi connectivity index (χ0) is 17.1. The molecule has 1 unspecified atom stereocenters. The van der Waals surface area contributed by atoms with Crippen LogP contribution in [0.15, 0.2) is 0 Å². The average Bonchev–Trinajstić information content (AvgIpc) is 2.23. The van der Waals surface area contributed by atoms with Gasteiger partial charge in [-0.15, -0.1) is 0 Å². The molecule has 0 aromatic carbocycles. The molecule has 0 amide bonds. The Hall–Kier alpha value is -1.57. The summed E-state index contributed by atoms with van der Waals surface area (Å²) < 4.78 is 0. The number of carbonyl (C=O) groups excluding carboxylic acids is 1. The molecule has 0 saturated carbocycles. The van der Waals surface area contributed by atoms with E-state index in [1.54, 1.807) is 4.90 Å². The molecule has 1 rings (SSSR count). The van der Waals surface area contributed by atoms with Gasteiger partial charge in [-0.2, -0.15) is 0 Å². The lowest BCUT2D eigenvalue weighted by atomic mass is 9.90. The molecule has 8 heteroatoms. The second-order valence-electron chi connectivity index (χ2n) is 7.03. The normalized spacial score (nSPS) is 19.0. The first kappa shape index (κ1) is 18.5. The molecule has 1 atom stereocenters. The Morgan fingerprint density at radius 1 is 1.05 bits per heavy atom. The number of carbonyl (C=O) groups is 1. The van der Waals surface area contributed by atoms with Crippen LogP contribution in [0.3, 0.4) is 0 Å². The van der Waals surface area contributed by atoms with Crippen molar-refractivity contribution in [3.05, 3.63) is 20.2 Å². The quantitative estimate of drug-likeness (QED) is 0.366. The number of nitro groups is 2. The van der Waals surface area contributed by atoms with Crippen molar-refractivity contribution in [3.63, 3.8) is 0 Å². The van der Waals surface area contributed by atoms with Crippen LogP contribution in [-0.2, 0) is 4.79 Å². The predicted molar refractivity (Wildman–Crippen MR) is 80.6 cm³/mol. The van der Waals surface area contributed by atoms with Gasteiger partial charge in [0.15, 0.2) is 0 Å². The van der Waals surface area contributed by atoms with Crippen LogP contribution in [0, 0.1) is 32.1 Å². The van der Waals surface area contributed by atoms with Crippen molar-refractivity contribution in [2.24, 2.45) is 11.8 Å². The van der Waals surface area contributed by atoms with Crippen LogP contribution in [0.1, 0.15) is 47.0 Å². The van der Waals surface area contributed by atoms with E-state index < -0.39 is 15.5 Å². The van der Waals surface area contributed by atoms with Crippen LogP contribution in [0.25, 0.3) is 0 Å². The van der Waals surface area contributed by atoms with Gasteiger partial charge in [0, 0.05) is 18.9 Å². The Balaban J connectivity index is 2.73. The fourth-order valence-corrected chi connectivity index (χ4v) is 2.87. The summed E-state index contributed by atoms with van der Waals surface area (Å²) in [6.45, 7) is 7.49. The number of rotatable bonds is 9. The Bertz CT molecular complexity index is 428. The second-order valence-corrected chi connectivity index (χ2v) is 7.03. The third kappa shape index (κ3) is 4.22. The summed E-state index contributed by atoms with van der Waals surface area (Å²) in [6, 6.07) is -0.153. The molecule has 126 valence electrons. The third-order valence-corrected chi connectivity index (χ3v) is 3.95. The highest BCUT2D eigenvalue weighted by molar-refractivity contribution is 5.79. The molecular weight excluding hydrogens is 290 g/mol. The number of likely N-dealkylation sites (tertiary alicyclic amines) is 1. The van der Waals surface area contributed by atoms with E-state index in [9.17, 15) is 25.0 Å². The first-order valence-electron chi connectivity index (χ1n) is 7.63. The first-order valence-corrected chi connectivity index (χ1v) is 7.63. The maximum atomic E-state index is 12.0. The van der Waals surface area contributed by atoms with E-state index in [4.69, 9.17) is 0 Å². The van der Waals surface area contributed by atoms with E-state index in [-0.39, 0.29) is 30.8 Å². The number of nitrogens with zero attached hydrogens (tertiary/aromatic N) is 3. The topological polar surface area (TPSA) is 107 Å². The Morgan fingerprint density at radius 2 is 1.55 bits per heavy atom. The molecule has 0 radical (unpaired) electrons. The summed E-state index contributed by atoms with van der Waals surface area (Å²) in [5, 5.41) is 21.9. The molecular formula is C14H25N3O5. The van der Waals surface area contributed by atoms with Gasteiger partial charge in [0.25, 0.3) is 0 Å². The van der Waals surface area contributed by atoms with Crippen LogP contribution in [-0.4, -0.2) is 45.3 Å². The summed E-state index contributed by atoms with van der Waals surface area (Å²) in [5.74, 6) is 0.693. The summed E-state index contributed by atoms with van der Waals surface area (Å²) in [5.41, 5.74) is -2.10. The summed E-state index contributed by atoms with van der Waals surface area (Å²) in [7, 11) is 0. The minimum atomic E-state index is -2.10. The highest BCUT2D eigenvalue weighted by Crippen LogP contribution is 2.31. The second kappa shape index (κ2) is 7.13. The molecule has 22 heavy (non-hydrogen) atoms. The molecule has 0 spiro atoms. The molecule has 1 heterocycles. The Kier molecular flexibility index (Phi) is 5.99. The molecule has 1 fully saturated rings. The van der Waals surface area contributed by atoms with Crippen LogP contribution >= 0.6 is 0 Å².